The van der Waals surface area contributed by atoms with Crippen LogP contribution >= 0.6 is 0 Å². The lowest BCUT2D eigenvalue weighted by Gasteiger charge is -2.15. The van der Waals surface area contributed by atoms with Crippen molar-refractivity contribution in [1.82, 2.24) is 0 Å². The van der Waals surface area contributed by atoms with Gasteiger partial charge in [-0.2, -0.15) is 0 Å². The van der Waals surface area contributed by atoms with Gasteiger partial charge in [-0.3, -0.25) is 9.59 Å². The quantitative estimate of drug-likeness (QED) is 0.398. The number of carbonyl (C=O) groups is 2. The third kappa shape index (κ3) is 6.14. The van der Waals surface area contributed by atoms with Gasteiger partial charge >= 0.3 is 5.97 Å². The van der Waals surface area contributed by atoms with Crippen LogP contribution in [-0.4, -0.2) is 42.3 Å². The second-order valence-corrected chi connectivity index (χ2v) is 6.85. The number of methoxy groups -OCH3 is 1. The second-order valence-electron chi connectivity index (χ2n) is 6.85. The van der Waals surface area contributed by atoms with Gasteiger partial charge in [0.25, 0.3) is 0 Å². The van der Waals surface area contributed by atoms with Crippen molar-refractivity contribution >= 4 is 11.8 Å². The summed E-state index contributed by atoms with van der Waals surface area (Å²) in [5.74, 6) is 0.440. The molecule has 30 heavy (non-hydrogen) atoms. The lowest BCUT2D eigenvalue weighted by Crippen LogP contribution is -2.08. The maximum absolute atomic E-state index is 11.6. The van der Waals surface area contributed by atoms with Gasteiger partial charge in [0, 0.05) is 12.0 Å². The lowest BCUT2D eigenvalue weighted by atomic mass is 10.0. The predicted octanol–water partition coefficient (Wildman–Crippen LogP) is 4.03. The standard InChI is InChI=1S/C23H28O7/c1-4-6-18-19(10-8-17(15(2)24)23(18)27)29-11-5-12-30-21-13-16(14-22(25)26)7-9-20(21)28-3/h7-10,13,27H,4-6,11-12,14H2,1-3H3,(H,25,26). The number of carboxylic acids is 1. The fourth-order valence-corrected chi connectivity index (χ4v) is 3.07. The molecule has 0 heterocycles. The number of aromatic hydroxyl groups is 1. The Morgan fingerprint density at radius 3 is 2.27 bits per heavy atom. The van der Waals surface area contributed by atoms with Gasteiger partial charge in [0.15, 0.2) is 17.3 Å². The highest BCUT2D eigenvalue weighted by atomic mass is 16.5. The fourth-order valence-electron chi connectivity index (χ4n) is 3.07. The summed E-state index contributed by atoms with van der Waals surface area (Å²) in [5.41, 5.74) is 1.55. The van der Waals surface area contributed by atoms with E-state index in [9.17, 15) is 14.7 Å². The van der Waals surface area contributed by atoms with Crippen molar-refractivity contribution in [2.75, 3.05) is 20.3 Å². The number of phenols is 1. The zero-order chi connectivity index (χ0) is 22.1. The second kappa shape index (κ2) is 11.1. The summed E-state index contributed by atoms with van der Waals surface area (Å²) >= 11 is 0. The molecule has 2 N–H and O–H groups in total. The van der Waals surface area contributed by atoms with Crippen LogP contribution in [0.25, 0.3) is 0 Å². The van der Waals surface area contributed by atoms with E-state index in [1.807, 2.05) is 6.92 Å². The lowest BCUT2D eigenvalue weighted by molar-refractivity contribution is -0.136. The van der Waals surface area contributed by atoms with E-state index in [0.717, 1.165) is 6.42 Å². The molecule has 7 heteroatoms. The van der Waals surface area contributed by atoms with E-state index in [4.69, 9.17) is 19.3 Å². The van der Waals surface area contributed by atoms with Gasteiger partial charge in [0.05, 0.1) is 32.3 Å². The van der Waals surface area contributed by atoms with Crippen molar-refractivity contribution in [3.63, 3.8) is 0 Å². The molecule has 0 unspecified atom stereocenters. The molecular weight excluding hydrogens is 388 g/mol. The van der Waals surface area contributed by atoms with Gasteiger partial charge in [-0.25, -0.2) is 0 Å². The number of hydrogen-bond donors (Lipinski definition) is 2. The predicted molar refractivity (Wildman–Crippen MR) is 112 cm³/mol. The molecule has 0 radical (unpaired) electrons. The summed E-state index contributed by atoms with van der Waals surface area (Å²) in [6, 6.07) is 8.31. The molecule has 0 saturated carbocycles. The molecule has 0 aliphatic heterocycles. The highest BCUT2D eigenvalue weighted by Crippen LogP contribution is 2.33. The fraction of sp³-hybridized carbons (Fsp3) is 0.391. The van der Waals surface area contributed by atoms with E-state index >= 15 is 0 Å². The number of carboxylic acid groups (broad SMARTS) is 1. The average molecular weight is 416 g/mol. The Balaban J connectivity index is 1.96. The van der Waals surface area contributed by atoms with Crippen LogP contribution in [0.15, 0.2) is 30.3 Å². The zero-order valence-electron chi connectivity index (χ0n) is 17.6. The van der Waals surface area contributed by atoms with Crippen molar-refractivity contribution in [3.05, 3.63) is 47.0 Å². The van der Waals surface area contributed by atoms with Crippen LogP contribution < -0.4 is 14.2 Å². The largest absolute Gasteiger partial charge is 0.507 e. The topological polar surface area (TPSA) is 102 Å². The number of benzene rings is 2. The van der Waals surface area contributed by atoms with Gasteiger partial charge in [-0.1, -0.05) is 19.4 Å². The Bertz CT molecular complexity index is 889. The minimum Gasteiger partial charge on any atom is -0.507 e. The number of ether oxygens (including phenoxy) is 3. The molecule has 0 amide bonds. The average Bonchev–Trinajstić information content (AvgIpc) is 2.69. The maximum Gasteiger partial charge on any atom is 0.307 e. The van der Waals surface area contributed by atoms with E-state index in [2.05, 4.69) is 0 Å². The summed E-state index contributed by atoms with van der Waals surface area (Å²) in [6.07, 6.45) is 1.88. The Hall–Kier alpha value is -3.22. The Morgan fingerprint density at radius 2 is 1.67 bits per heavy atom. The van der Waals surface area contributed by atoms with E-state index in [-0.39, 0.29) is 18.0 Å². The SMILES string of the molecule is CCCc1c(OCCCOc2cc(CC(=O)O)ccc2OC)ccc(C(C)=O)c1O. The normalized spacial score (nSPS) is 10.5. The van der Waals surface area contributed by atoms with E-state index in [1.165, 1.54) is 14.0 Å². The number of Topliss-reactive ketones (excluding diaryl/α,β-unsaturated/α-hetero) is 1. The van der Waals surface area contributed by atoms with Crippen LogP contribution in [0.1, 0.15) is 48.2 Å². The minimum atomic E-state index is -0.915. The number of hydrogen-bond acceptors (Lipinski definition) is 6. The number of ketones is 1. The molecule has 2 rings (SSSR count). The first-order valence-electron chi connectivity index (χ1n) is 9.87. The number of carbonyl (C=O) groups excluding carboxylic acids is 1. The molecule has 0 aliphatic rings. The van der Waals surface area contributed by atoms with E-state index < -0.39 is 5.97 Å². The van der Waals surface area contributed by atoms with Crippen molar-refractivity contribution in [2.24, 2.45) is 0 Å². The molecule has 162 valence electrons. The van der Waals surface area contributed by atoms with Crippen LogP contribution in [-0.2, 0) is 17.6 Å². The molecule has 0 saturated heterocycles. The Kier molecular flexibility index (Phi) is 8.53. The summed E-state index contributed by atoms with van der Waals surface area (Å²) in [4.78, 5) is 22.5. The molecule has 2 aromatic rings. The number of aliphatic carboxylic acids is 1. The van der Waals surface area contributed by atoms with Crippen molar-refractivity contribution in [3.8, 4) is 23.0 Å². The van der Waals surface area contributed by atoms with Crippen LogP contribution in [0.2, 0.25) is 0 Å². The smallest absolute Gasteiger partial charge is 0.307 e. The van der Waals surface area contributed by atoms with Gasteiger partial charge in [-0.05, 0) is 43.2 Å². The molecule has 0 atom stereocenters. The van der Waals surface area contributed by atoms with Crippen molar-refractivity contribution in [2.45, 2.75) is 39.5 Å². The van der Waals surface area contributed by atoms with Crippen LogP contribution in [0.3, 0.4) is 0 Å². The van der Waals surface area contributed by atoms with Gasteiger partial charge < -0.3 is 24.4 Å². The first-order chi connectivity index (χ1) is 14.4. The van der Waals surface area contributed by atoms with Crippen LogP contribution in [0.5, 0.6) is 23.0 Å². The maximum atomic E-state index is 11.6. The van der Waals surface area contributed by atoms with E-state index in [0.29, 0.717) is 60.0 Å². The highest BCUT2D eigenvalue weighted by molar-refractivity contribution is 5.97. The first-order valence-corrected chi connectivity index (χ1v) is 9.87. The van der Waals surface area contributed by atoms with Crippen LogP contribution in [0.4, 0.5) is 0 Å². The minimum absolute atomic E-state index is 0.0157. The molecule has 0 fully saturated rings. The first kappa shape index (κ1) is 23.1. The van der Waals surface area contributed by atoms with Gasteiger partial charge in [0.2, 0.25) is 0 Å². The molecule has 7 nitrogen and oxygen atoms in total. The monoisotopic (exact) mass is 416 g/mol. The van der Waals surface area contributed by atoms with Gasteiger partial charge in [-0.15, -0.1) is 0 Å². The zero-order valence-corrected chi connectivity index (χ0v) is 17.6. The molecule has 0 aromatic heterocycles. The summed E-state index contributed by atoms with van der Waals surface area (Å²) in [6.45, 7) is 4.10. The van der Waals surface area contributed by atoms with Crippen molar-refractivity contribution < 1.29 is 34.0 Å². The molecular formula is C23H28O7. The van der Waals surface area contributed by atoms with Crippen LogP contribution in [0, 0.1) is 0 Å². The Labute approximate surface area is 176 Å². The van der Waals surface area contributed by atoms with E-state index in [1.54, 1.807) is 30.3 Å². The summed E-state index contributed by atoms with van der Waals surface area (Å²) < 4.78 is 16.8. The number of phenolic OH excluding ortho intramolecular Hbond substituents is 1. The Morgan fingerprint density at radius 1 is 1.00 bits per heavy atom. The molecule has 2 aromatic carbocycles. The third-order valence-corrected chi connectivity index (χ3v) is 4.51. The summed E-state index contributed by atoms with van der Waals surface area (Å²) in [7, 11) is 1.52. The molecule has 0 aliphatic carbocycles. The molecule has 0 spiro atoms. The molecule has 0 bridgehead atoms. The van der Waals surface area contributed by atoms with Gasteiger partial charge in [0.1, 0.15) is 11.5 Å². The highest BCUT2D eigenvalue weighted by Gasteiger charge is 2.16. The third-order valence-electron chi connectivity index (χ3n) is 4.51. The summed E-state index contributed by atoms with van der Waals surface area (Å²) in [5, 5.41) is 19.3. The number of rotatable bonds is 12. The van der Waals surface area contributed by atoms with Crippen molar-refractivity contribution in [1.29, 1.82) is 0 Å².